The first-order valence-electron chi connectivity index (χ1n) is 13.5. The number of hydrogen-bond donors (Lipinski definition) is 3. The number of carbonyl (C=O) groups is 2. The zero-order valence-electron chi connectivity index (χ0n) is 22.8. The molecule has 3 N–H and O–H groups in total. The van der Waals surface area contributed by atoms with Crippen LogP contribution in [-0.4, -0.2) is 74.4 Å². The molecule has 2 aliphatic heterocycles. The number of benzene rings is 2. The lowest BCUT2D eigenvalue weighted by Gasteiger charge is -2.21. The first-order chi connectivity index (χ1) is 20.9. The summed E-state index contributed by atoms with van der Waals surface area (Å²) in [7, 11) is 0. The van der Waals surface area contributed by atoms with Crippen LogP contribution in [0.1, 0.15) is 29.1 Å². The SMILES string of the molecule is CCNC(=O)Nc1ncnc2c1ncn2C1OC(COc2cc(F)ccc2C(=O)O)C2O[C@H](C=Cc3ccccc3)OC21. The average Bonchev–Trinajstić information content (AvgIpc) is 3.70. The van der Waals surface area contributed by atoms with Crippen molar-refractivity contribution >= 4 is 35.1 Å². The van der Waals surface area contributed by atoms with E-state index in [1.807, 2.05) is 36.4 Å². The Morgan fingerprint density at radius 1 is 1.09 bits per heavy atom. The highest BCUT2D eigenvalue weighted by molar-refractivity contribution is 5.95. The van der Waals surface area contributed by atoms with Crippen LogP contribution in [0, 0.1) is 5.82 Å². The monoisotopic (exact) mass is 590 g/mol. The van der Waals surface area contributed by atoms with Gasteiger partial charge in [0.2, 0.25) is 0 Å². The molecule has 0 bridgehead atoms. The molecule has 5 atom stereocenters. The molecule has 0 aliphatic carbocycles. The van der Waals surface area contributed by atoms with Gasteiger partial charge in [-0.3, -0.25) is 9.88 Å². The topological polar surface area (TPSA) is 159 Å². The third-order valence-electron chi connectivity index (χ3n) is 6.89. The van der Waals surface area contributed by atoms with E-state index < -0.39 is 48.6 Å². The highest BCUT2D eigenvalue weighted by Gasteiger charge is 2.53. The van der Waals surface area contributed by atoms with E-state index in [9.17, 15) is 19.1 Å². The summed E-state index contributed by atoms with van der Waals surface area (Å²) >= 11 is 0. The third kappa shape index (κ3) is 5.88. The predicted molar refractivity (Wildman–Crippen MR) is 150 cm³/mol. The van der Waals surface area contributed by atoms with Gasteiger partial charge in [-0.25, -0.2) is 28.9 Å². The van der Waals surface area contributed by atoms with Crippen molar-refractivity contribution in [2.75, 3.05) is 18.5 Å². The fraction of sp³-hybridized carbons (Fsp3) is 0.276. The summed E-state index contributed by atoms with van der Waals surface area (Å²) in [5.41, 5.74) is 1.47. The van der Waals surface area contributed by atoms with Gasteiger partial charge in [-0.05, 0) is 30.7 Å². The summed E-state index contributed by atoms with van der Waals surface area (Å²) in [4.78, 5) is 36.7. The van der Waals surface area contributed by atoms with Gasteiger partial charge in [-0.2, -0.15) is 0 Å². The Hall–Kier alpha value is -4.92. The van der Waals surface area contributed by atoms with Crippen molar-refractivity contribution in [3.63, 3.8) is 0 Å². The molecule has 13 nitrogen and oxygen atoms in total. The van der Waals surface area contributed by atoms with Crippen molar-refractivity contribution in [3.05, 3.63) is 84.2 Å². The summed E-state index contributed by atoms with van der Waals surface area (Å²) in [6, 6.07) is 12.4. The molecular weight excluding hydrogens is 563 g/mol. The number of rotatable bonds is 9. The minimum atomic E-state index is -1.26. The third-order valence-corrected chi connectivity index (χ3v) is 6.89. The van der Waals surface area contributed by atoms with Crippen molar-refractivity contribution in [1.82, 2.24) is 24.8 Å². The normalized spacial score (nSPS) is 23.0. The Morgan fingerprint density at radius 3 is 2.70 bits per heavy atom. The molecular formula is C29H27FN6O7. The van der Waals surface area contributed by atoms with Gasteiger partial charge in [-0.15, -0.1) is 0 Å². The number of aromatic carboxylic acids is 1. The standard InChI is InChI=1S/C29H27FN6O7/c1-2-31-29(39)35-25-22-26(33-14-32-25)36(15-34-22)27-24-23(42-21(43-24)11-8-16-6-4-3-5-7-16)20(41-27)13-40-19-12-17(30)9-10-18(19)28(37)38/h3-12,14-15,20-21,23-24,27H,2,13H2,1H3,(H,37,38)(H2,31,32,33,35,39)/t20?,21-,23?,24?,27?/m0/s1. The molecule has 0 saturated carbocycles. The molecule has 2 fully saturated rings. The molecule has 2 aromatic carbocycles. The summed E-state index contributed by atoms with van der Waals surface area (Å²) < 4.78 is 40.2. The molecule has 2 aliphatic rings. The Kier molecular flexibility index (Phi) is 7.96. The number of anilines is 1. The maximum atomic E-state index is 13.9. The van der Waals surface area contributed by atoms with Gasteiger partial charge in [0.05, 0.1) is 6.33 Å². The number of carboxylic acid groups (broad SMARTS) is 1. The van der Waals surface area contributed by atoms with Crippen LogP contribution < -0.4 is 15.4 Å². The molecule has 222 valence electrons. The number of aromatic nitrogens is 4. The zero-order valence-corrected chi connectivity index (χ0v) is 22.8. The van der Waals surface area contributed by atoms with Crippen molar-refractivity contribution in [1.29, 1.82) is 0 Å². The molecule has 0 spiro atoms. The number of amides is 2. The van der Waals surface area contributed by atoms with Crippen LogP contribution in [0.15, 0.2) is 67.3 Å². The molecule has 2 aromatic heterocycles. The van der Waals surface area contributed by atoms with E-state index in [1.54, 1.807) is 17.6 Å². The molecule has 6 rings (SSSR count). The Balaban J connectivity index is 1.28. The predicted octanol–water partition coefficient (Wildman–Crippen LogP) is 3.60. The van der Waals surface area contributed by atoms with Crippen molar-refractivity contribution in [2.45, 2.75) is 37.8 Å². The average molecular weight is 591 g/mol. The number of ether oxygens (including phenoxy) is 4. The molecule has 14 heteroatoms. The summed E-state index contributed by atoms with van der Waals surface area (Å²) in [5.74, 6) is -1.83. The smallest absolute Gasteiger partial charge is 0.339 e. The number of nitrogens with zero attached hydrogens (tertiary/aromatic N) is 4. The van der Waals surface area contributed by atoms with Crippen molar-refractivity contribution in [2.24, 2.45) is 0 Å². The van der Waals surface area contributed by atoms with E-state index in [-0.39, 0.29) is 23.7 Å². The molecule has 2 amide bonds. The van der Waals surface area contributed by atoms with E-state index in [4.69, 9.17) is 18.9 Å². The molecule has 4 unspecified atom stereocenters. The first kappa shape index (κ1) is 28.2. The van der Waals surface area contributed by atoms with Gasteiger partial charge in [0.25, 0.3) is 0 Å². The fourth-order valence-electron chi connectivity index (χ4n) is 4.97. The van der Waals surface area contributed by atoms with Crippen LogP contribution in [0.25, 0.3) is 17.2 Å². The van der Waals surface area contributed by atoms with Crippen LogP contribution in [0.2, 0.25) is 0 Å². The van der Waals surface area contributed by atoms with Gasteiger partial charge < -0.3 is 29.4 Å². The lowest BCUT2D eigenvalue weighted by Crippen LogP contribution is -2.33. The number of hydrogen-bond acceptors (Lipinski definition) is 9. The second kappa shape index (κ2) is 12.1. The highest BCUT2D eigenvalue weighted by Crippen LogP contribution is 2.41. The number of carboxylic acids is 1. The van der Waals surface area contributed by atoms with E-state index in [0.717, 1.165) is 23.8 Å². The largest absolute Gasteiger partial charge is 0.490 e. The number of halogens is 1. The fourth-order valence-corrected chi connectivity index (χ4v) is 4.97. The van der Waals surface area contributed by atoms with Crippen LogP contribution in [-0.2, 0) is 14.2 Å². The van der Waals surface area contributed by atoms with Crippen LogP contribution in [0.5, 0.6) is 5.75 Å². The zero-order chi connectivity index (χ0) is 29.9. The molecule has 43 heavy (non-hydrogen) atoms. The second-order valence-corrected chi connectivity index (χ2v) is 9.69. The maximum absolute atomic E-state index is 13.9. The number of carbonyl (C=O) groups excluding carboxylic acids is 1. The van der Waals surface area contributed by atoms with E-state index in [2.05, 4.69) is 25.6 Å². The number of fused-ring (bicyclic) bond motifs is 2. The number of urea groups is 1. The van der Waals surface area contributed by atoms with Gasteiger partial charge in [0, 0.05) is 12.6 Å². The summed E-state index contributed by atoms with van der Waals surface area (Å²) in [5, 5.41) is 14.8. The minimum absolute atomic E-state index is 0.141. The first-order valence-corrected chi connectivity index (χ1v) is 13.5. The van der Waals surface area contributed by atoms with Crippen molar-refractivity contribution in [3.8, 4) is 5.75 Å². The van der Waals surface area contributed by atoms with Crippen molar-refractivity contribution < 1.29 is 38.0 Å². The van der Waals surface area contributed by atoms with Crippen LogP contribution >= 0.6 is 0 Å². The maximum Gasteiger partial charge on any atom is 0.339 e. The van der Waals surface area contributed by atoms with Gasteiger partial charge >= 0.3 is 12.0 Å². The summed E-state index contributed by atoms with van der Waals surface area (Å²) in [6.07, 6.45) is 2.87. The quantitative estimate of drug-likeness (QED) is 0.263. The lowest BCUT2D eigenvalue weighted by atomic mass is 10.1. The second-order valence-electron chi connectivity index (χ2n) is 9.69. The Labute approximate surface area is 244 Å². The molecule has 2 saturated heterocycles. The van der Waals surface area contributed by atoms with Gasteiger partial charge in [0.15, 0.2) is 29.5 Å². The van der Waals surface area contributed by atoms with Crippen LogP contribution in [0.3, 0.4) is 0 Å². The van der Waals surface area contributed by atoms with E-state index in [1.165, 1.54) is 12.7 Å². The highest BCUT2D eigenvalue weighted by atomic mass is 19.1. The van der Waals surface area contributed by atoms with Crippen LogP contribution in [0.4, 0.5) is 15.0 Å². The molecule has 4 heterocycles. The Morgan fingerprint density at radius 2 is 1.91 bits per heavy atom. The molecule has 0 radical (unpaired) electrons. The molecule has 4 aromatic rings. The number of imidazole rings is 1. The van der Waals surface area contributed by atoms with E-state index >= 15 is 0 Å². The van der Waals surface area contributed by atoms with E-state index in [0.29, 0.717) is 17.7 Å². The van der Waals surface area contributed by atoms with Gasteiger partial charge in [-0.1, -0.05) is 36.4 Å². The number of nitrogens with one attached hydrogen (secondary N) is 2. The lowest BCUT2D eigenvalue weighted by molar-refractivity contribution is -0.131. The Bertz CT molecular complexity index is 1670. The van der Waals surface area contributed by atoms with Gasteiger partial charge in [0.1, 0.15) is 48.4 Å². The summed E-state index contributed by atoms with van der Waals surface area (Å²) in [6.45, 7) is 2.06. The minimum Gasteiger partial charge on any atom is -0.490 e.